The SMILES string of the molecule is CC(C)N1c2cccc3c2B2c4c(cccc4Sc4cccc1c42)S3. The van der Waals surface area contributed by atoms with Crippen LogP contribution in [0.15, 0.2) is 74.2 Å². The van der Waals surface area contributed by atoms with E-state index in [2.05, 4.69) is 73.3 Å². The van der Waals surface area contributed by atoms with Gasteiger partial charge in [0.15, 0.2) is 0 Å². The average Bonchev–Trinajstić information content (AvgIpc) is 2.61. The molecule has 1 nitrogen and oxygen atoms in total. The van der Waals surface area contributed by atoms with Crippen LogP contribution in [0, 0.1) is 0 Å². The minimum atomic E-state index is 0.390. The quantitative estimate of drug-likeness (QED) is 0.418. The lowest BCUT2D eigenvalue weighted by molar-refractivity contribution is 0.789. The van der Waals surface area contributed by atoms with Gasteiger partial charge in [0.05, 0.1) is 0 Å². The zero-order valence-corrected chi connectivity index (χ0v) is 15.7. The molecule has 0 amide bonds. The molecule has 0 fully saturated rings. The summed E-state index contributed by atoms with van der Waals surface area (Å²) in [5.41, 5.74) is 7.34. The monoisotopic (exact) mass is 357 g/mol. The number of rotatable bonds is 1. The van der Waals surface area contributed by atoms with Gasteiger partial charge in [-0.05, 0) is 66.6 Å². The molecule has 120 valence electrons. The number of hydrogen-bond acceptors (Lipinski definition) is 3. The molecule has 25 heavy (non-hydrogen) atoms. The van der Waals surface area contributed by atoms with E-state index >= 15 is 0 Å². The predicted octanol–water partition coefficient (Wildman–Crippen LogP) is 3.99. The Morgan fingerprint density at radius 1 is 0.680 bits per heavy atom. The number of hydrogen-bond donors (Lipinski definition) is 0. The lowest BCUT2D eigenvalue weighted by Crippen LogP contribution is -2.63. The molecule has 0 unspecified atom stereocenters. The summed E-state index contributed by atoms with van der Waals surface area (Å²) in [6, 6.07) is 20.9. The zero-order chi connectivity index (χ0) is 16.7. The summed E-state index contributed by atoms with van der Waals surface area (Å²) in [5, 5.41) is 0. The second-order valence-corrected chi connectivity index (χ2v) is 9.31. The van der Waals surface area contributed by atoms with Crippen LogP contribution in [-0.2, 0) is 0 Å². The average molecular weight is 357 g/mol. The Labute approximate surface area is 156 Å². The van der Waals surface area contributed by atoms with Crippen molar-refractivity contribution < 1.29 is 0 Å². The smallest absolute Gasteiger partial charge is 0.252 e. The van der Waals surface area contributed by atoms with Crippen molar-refractivity contribution in [2.24, 2.45) is 0 Å². The van der Waals surface area contributed by atoms with Crippen molar-refractivity contribution in [1.29, 1.82) is 0 Å². The molecule has 3 aromatic carbocycles. The van der Waals surface area contributed by atoms with Crippen LogP contribution < -0.4 is 21.3 Å². The molecular weight excluding hydrogens is 341 g/mol. The van der Waals surface area contributed by atoms with Gasteiger partial charge in [-0.2, -0.15) is 0 Å². The van der Waals surface area contributed by atoms with Crippen LogP contribution in [0.3, 0.4) is 0 Å². The molecule has 0 saturated heterocycles. The van der Waals surface area contributed by atoms with Crippen LogP contribution >= 0.6 is 23.5 Å². The summed E-state index contributed by atoms with van der Waals surface area (Å²) in [5.74, 6) is 0. The Kier molecular flexibility index (Phi) is 2.82. The van der Waals surface area contributed by atoms with E-state index in [1.165, 1.54) is 47.3 Å². The number of anilines is 2. The number of nitrogens with zero attached hydrogens (tertiary/aromatic N) is 1. The Morgan fingerprint density at radius 3 is 1.60 bits per heavy atom. The van der Waals surface area contributed by atoms with E-state index in [4.69, 9.17) is 0 Å². The summed E-state index contributed by atoms with van der Waals surface area (Å²) in [4.78, 5) is 8.24. The van der Waals surface area contributed by atoms with Gasteiger partial charge in [0.1, 0.15) is 0 Å². The van der Waals surface area contributed by atoms with Gasteiger partial charge in [-0.25, -0.2) is 0 Å². The molecular formula is C21H16BNS2. The maximum Gasteiger partial charge on any atom is 0.252 e. The zero-order valence-electron chi connectivity index (χ0n) is 14.1. The normalized spacial score (nSPS) is 15.5. The summed E-state index contributed by atoms with van der Waals surface area (Å²) >= 11 is 3.88. The predicted molar refractivity (Wildman–Crippen MR) is 110 cm³/mol. The number of benzene rings is 3. The van der Waals surface area contributed by atoms with Gasteiger partial charge in [-0.3, -0.25) is 0 Å². The van der Waals surface area contributed by atoms with Gasteiger partial charge in [0.2, 0.25) is 0 Å². The summed E-state index contributed by atoms with van der Waals surface area (Å²) < 4.78 is 0. The largest absolute Gasteiger partial charge is 0.340 e. The van der Waals surface area contributed by atoms with E-state index in [9.17, 15) is 0 Å². The fraction of sp³-hybridized carbons (Fsp3) is 0.143. The van der Waals surface area contributed by atoms with Crippen LogP contribution in [0.25, 0.3) is 0 Å². The molecule has 0 saturated carbocycles. The Morgan fingerprint density at radius 2 is 1.12 bits per heavy atom. The maximum atomic E-state index is 2.54. The molecule has 0 atom stereocenters. The third-order valence-electron chi connectivity index (χ3n) is 5.45. The fourth-order valence-electron chi connectivity index (χ4n) is 4.59. The molecule has 0 radical (unpaired) electrons. The lowest BCUT2D eigenvalue weighted by atomic mass is 9.34. The summed E-state index contributed by atoms with van der Waals surface area (Å²) in [6.45, 7) is 4.98. The molecule has 0 aliphatic carbocycles. The topological polar surface area (TPSA) is 3.24 Å². The minimum absolute atomic E-state index is 0.390. The first-order valence-electron chi connectivity index (χ1n) is 8.77. The maximum absolute atomic E-state index is 2.54. The first-order chi connectivity index (χ1) is 12.2. The summed E-state index contributed by atoms with van der Waals surface area (Å²) in [6.07, 6.45) is 0. The van der Waals surface area contributed by atoms with Crippen molar-refractivity contribution in [3.05, 3.63) is 54.6 Å². The highest BCUT2D eigenvalue weighted by Gasteiger charge is 2.45. The van der Waals surface area contributed by atoms with Crippen LogP contribution in [0.2, 0.25) is 0 Å². The van der Waals surface area contributed by atoms with Crippen molar-refractivity contribution in [2.45, 2.75) is 39.5 Å². The first-order valence-corrected chi connectivity index (χ1v) is 10.4. The molecule has 4 heteroatoms. The van der Waals surface area contributed by atoms with Crippen LogP contribution in [0.4, 0.5) is 11.4 Å². The van der Waals surface area contributed by atoms with Crippen molar-refractivity contribution in [2.75, 3.05) is 4.90 Å². The third kappa shape index (κ3) is 1.74. The van der Waals surface area contributed by atoms with Gasteiger partial charge in [-0.1, -0.05) is 41.7 Å². The molecule has 6 rings (SSSR count). The van der Waals surface area contributed by atoms with Crippen molar-refractivity contribution >= 4 is 58.0 Å². The van der Waals surface area contributed by atoms with E-state index in [1.807, 2.05) is 23.5 Å². The third-order valence-corrected chi connectivity index (χ3v) is 7.76. The second-order valence-electron chi connectivity index (χ2n) is 7.15. The van der Waals surface area contributed by atoms with Gasteiger partial charge in [0.25, 0.3) is 6.71 Å². The Hall–Kier alpha value is -1.78. The molecule has 0 bridgehead atoms. The molecule has 0 N–H and O–H groups in total. The molecule has 3 aliphatic heterocycles. The second kappa shape index (κ2) is 4.90. The molecule has 0 spiro atoms. The van der Waals surface area contributed by atoms with E-state index in [0.717, 1.165) is 0 Å². The van der Waals surface area contributed by atoms with Gasteiger partial charge in [0, 0.05) is 37.0 Å². The standard InChI is InChI=1S/C21H16BNS2/c1-12(2)23-13-6-3-8-15-19(13)22-20-14(23)7-4-9-16(20)25-18-11-5-10-17(24-15)21(18)22/h3-12H,1-2H3. The van der Waals surface area contributed by atoms with E-state index in [1.54, 1.807) is 0 Å². The molecule has 3 aromatic rings. The van der Waals surface area contributed by atoms with Crippen molar-refractivity contribution in [1.82, 2.24) is 0 Å². The molecule has 3 aliphatic rings. The lowest BCUT2D eigenvalue weighted by Gasteiger charge is -2.44. The minimum Gasteiger partial charge on any atom is -0.340 e. The van der Waals surface area contributed by atoms with Gasteiger partial charge < -0.3 is 4.90 Å². The highest BCUT2D eigenvalue weighted by atomic mass is 32.2. The van der Waals surface area contributed by atoms with Crippen molar-refractivity contribution in [3.63, 3.8) is 0 Å². The van der Waals surface area contributed by atoms with Crippen molar-refractivity contribution in [3.8, 4) is 0 Å². The summed E-state index contributed by atoms with van der Waals surface area (Å²) in [7, 11) is 0. The van der Waals surface area contributed by atoms with Gasteiger partial charge in [-0.15, -0.1) is 0 Å². The first kappa shape index (κ1) is 14.4. The van der Waals surface area contributed by atoms with Crippen LogP contribution in [0.1, 0.15) is 13.8 Å². The van der Waals surface area contributed by atoms with E-state index in [0.29, 0.717) is 12.8 Å². The Balaban J connectivity index is 1.78. The van der Waals surface area contributed by atoms with E-state index < -0.39 is 0 Å². The highest BCUT2D eigenvalue weighted by Crippen LogP contribution is 2.44. The fourth-order valence-corrected chi connectivity index (χ4v) is 7.05. The Bertz CT molecular complexity index is 984. The molecule has 0 aromatic heterocycles. The van der Waals surface area contributed by atoms with Gasteiger partial charge >= 0.3 is 0 Å². The highest BCUT2D eigenvalue weighted by molar-refractivity contribution is 8.01. The van der Waals surface area contributed by atoms with E-state index in [-0.39, 0.29) is 0 Å². The van der Waals surface area contributed by atoms with Crippen LogP contribution in [-0.4, -0.2) is 12.8 Å². The molecule has 3 heterocycles. The van der Waals surface area contributed by atoms with Crippen LogP contribution in [0.5, 0.6) is 0 Å².